The zero-order valence-corrected chi connectivity index (χ0v) is 5.21. The Balaban J connectivity index is 2.72. The van der Waals surface area contributed by atoms with Crippen LogP contribution in [-0.2, 0) is 6.54 Å². The van der Waals surface area contributed by atoms with Gasteiger partial charge in [0, 0.05) is 0 Å². The van der Waals surface area contributed by atoms with Gasteiger partial charge < -0.3 is 5.73 Å². The zero-order chi connectivity index (χ0) is 8.48. The van der Waals surface area contributed by atoms with Gasteiger partial charge in [-0.15, -0.1) is 0 Å². The molecular formula is C3H4F3N5. The first-order chi connectivity index (χ1) is 4.99. The van der Waals surface area contributed by atoms with Crippen molar-refractivity contribution in [3.8, 4) is 0 Å². The molecule has 1 aromatic rings. The van der Waals surface area contributed by atoms with Crippen LogP contribution in [-0.4, -0.2) is 26.4 Å². The van der Waals surface area contributed by atoms with Gasteiger partial charge in [0.25, 0.3) is 0 Å². The molecule has 0 saturated carbocycles. The molecule has 11 heavy (non-hydrogen) atoms. The van der Waals surface area contributed by atoms with Crippen LogP contribution < -0.4 is 5.73 Å². The summed E-state index contributed by atoms with van der Waals surface area (Å²) in [7, 11) is 0. The Labute approximate surface area is 59.0 Å². The minimum atomic E-state index is -4.34. The first-order valence-corrected chi connectivity index (χ1v) is 2.57. The lowest BCUT2D eigenvalue weighted by Gasteiger charge is -2.04. The van der Waals surface area contributed by atoms with Crippen LogP contribution in [0.5, 0.6) is 0 Å². The highest BCUT2D eigenvalue weighted by Gasteiger charge is 2.29. The topological polar surface area (TPSA) is 69.6 Å². The Hall–Kier alpha value is -1.34. The predicted octanol–water partition coefficient (Wildman–Crippen LogP) is -0.182. The summed E-state index contributed by atoms with van der Waals surface area (Å²) in [4.78, 5) is 0. The van der Waals surface area contributed by atoms with Gasteiger partial charge in [-0.2, -0.15) is 13.2 Å². The van der Waals surface area contributed by atoms with Gasteiger partial charge in [-0.25, -0.2) is 4.68 Å². The molecule has 1 aromatic heterocycles. The molecule has 0 spiro atoms. The fourth-order valence-electron chi connectivity index (χ4n) is 0.494. The SMILES string of the molecule is Nc1nnnn1CC(F)(F)F. The number of nitrogens with two attached hydrogens (primary N) is 1. The quantitative estimate of drug-likeness (QED) is 0.629. The average Bonchev–Trinajstić information content (AvgIpc) is 2.12. The number of anilines is 1. The smallest absolute Gasteiger partial charge is 0.367 e. The summed E-state index contributed by atoms with van der Waals surface area (Å²) < 4.78 is 35.4. The number of tetrazole rings is 1. The number of halogens is 3. The maximum absolute atomic E-state index is 11.6. The van der Waals surface area contributed by atoms with Crippen LogP contribution in [0.1, 0.15) is 0 Å². The monoisotopic (exact) mass is 167 g/mol. The van der Waals surface area contributed by atoms with E-state index in [1.54, 1.807) is 0 Å². The molecule has 2 N–H and O–H groups in total. The number of hydrogen-bond donors (Lipinski definition) is 1. The fraction of sp³-hybridized carbons (Fsp3) is 0.667. The van der Waals surface area contributed by atoms with E-state index in [1.807, 2.05) is 0 Å². The fourth-order valence-corrected chi connectivity index (χ4v) is 0.494. The van der Waals surface area contributed by atoms with Gasteiger partial charge in [-0.05, 0) is 10.4 Å². The van der Waals surface area contributed by atoms with E-state index in [2.05, 4.69) is 15.5 Å². The summed E-state index contributed by atoms with van der Waals surface area (Å²) in [6.45, 7) is -1.26. The largest absolute Gasteiger partial charge is 0.408 e. The molecule has 0 fully saturated rings. The zero-order valence-electron chi connectivity index (χ0n) is 5.21. The average molecular weight is 167 g/mol. The summed E-state index contributed by atoms with van der Waals surface area (Å²) in [6.07, 6.45) is -4.34. The molecule has 62 valence electrons. The van der Waals surface area contributed by atoms with Crippen LogP contribution in [0.4, 0.5) is 19.1 Å². The lowest BCUT2D eigenvalue weighted by atomic mass is 10.6. The third-order valence-corrected chi connectivity index (χ3v) is 0.889. The molecule has 0 bridgehead atoms. The molecule has 1 rings (SSSR count). The maximum Gasteiger partial charge on any atom is 0.408 e. The van der Waals surface area contributed by atoms with E-state index < -0.39 is 12.7 Å². The standard InChI is InChI=1S/C3H4F3N5/c4-3(5,6)1-11-2(7)8-9-10-11/h1H2,(H2,7,8,10). The lowest BCUT2D eigenvalue weighted by Crippen LogP contribution is -2.20. The van der Waals surface area contributed by atoms with Crippen LogP contribution in [0.3, 0.4) is 0 Å². The van der Waals surface area contributed by atoms with Crippen molar-refractivity contribution in [3.63, 3.8) is 0 Å². The van der Waals surface area contributed by atoms with Crippen LogP contribution in [0.2, 0.25) is 0 Å². The minimum Gasteiger partial charge on any atom is -0.367 e. The molecule has 0 aromatic carbocycles. The van der Waals surface area contributed by atoms with E-state index in [0.717, 1.165) is 0 Å². The molecule has 0 saturated heterocycles. The number of rotatable bonds is 1. The molecule has 0 radical (unpaired) electrons. The van der Waals surface area contributed by atoms with E-state index in [0.29, 0.717) is 4.68 Å². The first-order valence-electron chi connectivity index (χ1n) is 2.57. The van der Waals surface area contributed by atoms with Gasteiger partial charge >= 0.3 is 6.18 Å². The van der Waals surface area contributed by atoms with Crippen molar-refractivity contribution in [1.29, 1.82) is 0 Å². The van der Waals surface area contributed by atoms with Crippen molar-refractivity contribution in [2.45, 2.75) is 12.7 Å². The highest BCUT2D eigenvalue weighted by Crippen LogP contribution is 2.17. The molecular weight excluding hydrogens is 163 g/mol. The van der Waals surface area contributed by atoms with E-state index in [9.17, 15) is 13.2 Å². The molecule has 1 heterocycles. The van der Waals surface area contributed by atoms with Crippen LogP contribution in [0.15, 0.2) is 0 Å². The molecule has 5 nitrogen and oxygen atoms in total. The Morgan fingerprint density at radius 3 is 2.45 bits per heavy atom. The van der Waals surface area contributed by atoms with Crippen molar-refractivity contribution in [2.75, 3.05) is 5.73 Å². The second-order valence-corrected chi connectivity index (χ2v) is 1.81. The third-order valence-electron chi connectivity index (χ3n) is 0.889. The molecule has 8 heteroatoms. The van der Waals surface area contributed by atoms with Gasteiger partial charge in [0.15, 0.2) is 0 Å². The molecule has 0 amide bonds. The summed E-state index contributed by atoms with van der Waals surface area (Å²) in [5.74, 6) is -0.345. The van der Waals surface area contributed by atoms with Gasteiger partial charge in [0.2, 0.25) is 5.95 Å². The highest BCUT2D eigenvalue weighted by molar-refractivity contribution is 5.09. The van der Waals surface area contributed by atoms with Crippen LogP contribution >= 0.6 is 0 Å². The Morgan fingerprint density at radius 2 is 2.09 bits per heavy atom. The molecule has 0 aliphatic rings. The van der Waals surface area contributed by atoms with Gasteiger partial charge in [-0.1, -0.05) is 5.10 Å². The van der Waals surface area contributed by atoms with Crippen LogP contribution in [0, 0.1) is 0 Å². The first kappa shape index (κ1) is 7.76. The van der Waals surface area contributed by atoms with Crippen molar-refractivity contribution in [1.82, 2.24) is 20.2 Å². The minimum absolute atomic E-state index is 0.345. The Morgan fingerprint density at radius 1 is 1.45 bits per heavy atom. The molecule has 0 unspecified atom stereocenters. The van der Waals surface area contributed by atoms with Gasteiger partial charge in [0.1, 0.15) is 6.54 Å². The summed E-state index contributed by atoms with van der Waals surface area (Å²) in [5, 5.41) is 9.04. The van der Waals surface area contributed by atoms with E-state index in [1.165, 1.54) is 0 Å². The van der Waals surface area contributed by atoms with Crippen molar-refractivity contribution >= 4 is 5.95 Å². The Kier molecular flexibility index (Phi) is 1.67. The second kappa shape index (κ2) is 2.36. The number of aromatic nitrogens is 4. The maximum atomic E-state index is 11.6. The van der Waals surface area contributed by atoms with Crippen molar-refractivity contribution in [2.24, 2.45) is 0 Å². The number of nitrogen functional groups attached to an aromatic ring is 1. The second-order valence-electron chi connectivity index (χ2n) is 1.81. The summed E-state index contributed by atoms with van der Waals surface area (Å²) in [6, 6.07) is 0. The normalized spacial score (nSPS) is 11.9. The Bertz CT molecular complexity index is 239. The number of alkyl halides is 3. The third kappa shape index (κ3) is 2.06. The van der Waals surface area contributed by atoms with E-state index in [4.69, 9.17) is 5.73 Å². The summed E-state index contributed by atoms with van der Waals surface area (Å²) >= 11 is 0. The van der Waals surface area contributed by atoms with Crippen LogP contribution in [0.25, 0.3) is 0 Å². The van der Waals surface area contributed by atoms with E-state index in [-0.39, 0.29) is 5.95 Å². The van der Waals surface area contributed by atoms with E-state index >= 15 is 0 Å². The number of hydrogen-bond acceptors (Lipinski definition) is 4. The lowest BCUT2D eigenvalue weighted by molar-refractivity contribution is -0.142. The highest BCUT2D eigenvalue weighted by atomic mass is 19.4. The molecule has 0 aliphatic heterocycles. The number of nitrogens with zero attached hydrogens (tertiary/aromatic N) is 4. The van der Waals surface area contributed by atoms with Crippen molar-refractivity contribution < 1.29 is 13.2 Å². The van der Waals surface area contributed by atoms with Crippen molar-refractivity contribution in [3.05, 3.63) is 0 Å². The summed E-state index contributed by atoms with van der Waals surface area (Å²) in [5.41, 5.74) is 4.97. The van der Waals surface area contributed by atoms with Gasteiger partial charge in [0.05, 0.1) is 0 Å². The predicted molar refractivity (Wildman–Crippen MR) is 28.3 cm³/mol. The molecule has 0 aliphatic carbocycles. The van der Waals surface area contributed by atoms with Gasteiger partial charge in [-0.3, -0.25) is 0 Å². The molecule has 0 atom stereocenters.